The number of carbonyl (C=O) groups excluding carboxylic acids is 1. The number of amides is 1. The Balaban J connectivity index is 1.09. The largest absolute Gasteiger partial charge is 0.374 e. The van der Waals surface area contributed by atoms with E-state index < -0.39 is 0 Å². The number of nitrogens with zero attached hydrogens (tertiary/aromatic N) is 3. The van der Waals surface area contributed by atoms with E-state index in [9.17, 15) is 4.79 Å². The molecule has 1 unspecified atom stereocenters. The van der Waals surface area contributed by atoms with Gasteiger partial charge in [-0.25, -0.2) is 0 Å². The van der Waals surface area contributed by atoms with E-state index in [1.54, 1.807) is 0 Å². The Morgan fingerprint density at radius 1 is 0.975 bits per heavy atom. The molecule has 206 valence electrons. The molecule has 1 atom stereocenters. The fraction of sp³-hybridized carbons (Fsp3) is 0.364. The van der Waals surface area contributed by atoms with E-state index in [4.69, 9.17) is 21.1 Å². The summed E-state index contributed by atoms with van der Waals surface area (Å²) in [5.74, 6) is 0.0717. The number of ether oxygens (including phenoxy) is 2. The average Bonchev–Trinajstić information content (AvgIpc) is 3.52. The van der Waals surface area contributed by atoms with Crippen LogP contribution in [0.2, 0.25) is 5.02 Å². The molecular weight excluding hydrogens is 522 g/mol. The Morgan fingerprint density at radius 2 is 1.77 bits per heavy atom. The van der Waals surface area contributed by atoms with Crippen LogP contribution in [0.1, 0.15) is 39.9 Å². The van der Waals surface area contributed by atoms with Gasteiger partial charge in [-0.1, -0.05) is 72.3 Å². The summed E-state index contributed by atoms with van der Waals surface area (Å²) in [5.41, 5.74) is 5.31. The number of aromatic nitrogens is 1. The lowest BCUT2D eigenvalue weighted by Crippen LogP contribution is -2.45. The number of piperidine rings is 1. The molecule has 0 radical (unpaired) electrons. The third kappa shape index (κ3) is 4.83. The number of fused-ring (bicyclic) bond motifs is 3. The number of carbonyl (C=O) groups is 1. The third-order valence-corrected chi connectivity index (χ3v) is 9.05. The summed E-state index contributed by atoms with van der Waals surface area (Å²) < 4.78 is 14.7. The van der Waals surface area contributed by atoms with Gasteiger partial charge in [0.1, 0.15) is 0 Å². The van der Waals surface area contributed by atoms with Crippen LogP contribution in [0.5, 0.6) is 0 Å². The number of hydrogen-bond donors (Lipinski definition) is 0. The van der Waals surface area contributed by atoms with Crippen molar-refractivity contribution in [3.63, 3.8) is 0 Å². The van der Waals surface area contributed by atoms with E-state index in [2.05, 4.69) is 64.1 Å². The van der Waals surface area contributed by atoms with Gasteiger partial charge in [0.25, 0.3) is 5.91 Å². The maximum absolute atomic E-state index is 13.9. The van der Waals surface area contributed by atoms with Crippen molar-refractivity contribution in [1.29, 1.82) is 0 Å². The second kappa shape index (κ2) is 10.7. The van der Waals surface area contributed by atoms with Crippen molar-refractivity contribution >= 4 is 28.4 Å². The summed E-state index contributed by atoms with van der Waals surface area (Å²) in [4.78, 5) is 18.3. The molecule has 40 heavy (non-hydrogen) atoms. The first-order chi connectivity index (χ1) is 19.6. The van der Waals surface area contributed by atoms with E-state index in [0.29, 0.717) is 37.9 Å². The van der Waals surface area contributed by atoms with Crippen molar-refractivity contribution in [2.24, 2.45) is 0 Å². The minimum atomic E-state index is -0.265. The first kappa shape index (κ1) is 25.8. The molecule has 0 N–H and O–H groups in total. The van der Waals surface area contributed by atoms with Crippen molar-refractivity contribution in [2.45, 2.75) is 44.2 Å². The van der Waals surface area contributed by atoms with Crippen LogP contribution >= 0.6 is 11.6 Å². The van der Waals surface area contributed by atoms with Gasteiger partial charge in [0.05, 0.1) is 42.5 Å². The van der Waals surface area contributed by atoms with Gasteiger partial charge in [-0.05, 0) is 41.7 Å². The molecule has 2 fully saturated rings. The van der Waals surface area contributed by atoms with Crippen LogP contribution < -0.4 is 0 Å². The zero-order chi connectivity index (χ0) is 27.1. The highest BCUT2D eigenvalue weighted by Crippen LogP contribution is 2.44. The molecule has 3 aromatic carbocycles. The maximum Gasteiger partial charge on any atom is 0.256 e. The fourth-order valence-corrected chi connectivity index (χ4v) is 6.89. The second-order valence-corrected chi connectivity index (χ2v) is 11.7. The Morgan fingerprint density at radius 3 is 2.62 bits per heavy atom. The molecular formula is C33H34ClN3O3. The molecule has 6 nitrogen and oxygen atoms in total. The summed E-state index contributed by atoms with van der Waals surface area (Å²) in [6.45, 7) is 6.04. The maximum atomic E-state index is 13.9. The summed E-state index contributed by atoms with van der Waals surface area (Å²) in [6, 6.07) is 24.9. The van der Waals surface area contributed by atoms with E-state index in [1.807, 2.05) is 29.3 Å². The van der Waals surface area contributed by atoms with Gasteiger partial charge in [0.15, 0.2) is 0 Å². The molecule has 0 aliphatic carbocycles. The van der Waals surface area contributed by atoms with Crippen LogP contribution in [0, 0.1) is 0 Å². The zero-order valence-electron chi connectivity index (χ0n) is 22.6. The van der Waals surface area contributed by atoms with Gasteiger partial charge in [-0.3, -0.25) is 9.69 Å². The zero-order valence-corrected chi connectivity index (χ0v) is 23.4. The molecule has 4 aromatic rings. The topological polar surface area (TPSA) is 46.9 Å². The van der Waals surface area contributed by atoms with Gasteiger partial charge in [-0.15, -0.1) is 0 Å². The van der Waals surface area contributed by atoms with Crippen molar-refractivity contribution in [3.05, 3.63) is 106 Å². The Kier molecular flexibility index (Phi) is 6.88. The molecule has 2 saturated heterocycles. The predicted octanol–water partition coefficient (Wildman–Crippen LogP) is 5.86. The second-order valence-electron chi connectivity index (χ2n) is 11.3. The third-order valence-electron chi connectivity index (χ3n) is 8.82. The molecule has 3 aliphatic rings. The Bertz CT molecular complexity index is 1530. The van der Waals surface area contributed by atoms with Gasteiger partial charge < -0.3 is 18.9 Å². The standard InChI is InChI=1S/C33H34ClN3O3/c34-26-10-11-28-29(32(38)36-14-12-33(13-15-36)30-9-5-4-8-25(30)23-40-33)22-37(31(28)18-26)21-27-20-35(16-17-39-27)19-24-6-2-1-3-7-24/h1-11,18,22,27H,12-17,19-21,23H2. The average molecular weight is 556 g/mol. The van der Waals surface area contributed by atoms with Gasteiger partial charge in [0.2, 0.25) is 0 Å². The number of morpholine rings is 1. The molecule has 7 heteroatoms. The highest BCUT2D eigenvalue weighted by atomic mass is 35.5. The molecule has 0 saturated carbocycles. The molecule has 1 amide bonds. The lowest BCUT2D eigenvalue weighted by atomic mass is 9.83. The van der Waals surface area contributed by atoms with Crippen molar-refractivity contribution in [2.75, 3.05) is 32.8 Å². The number of hydrogen-bond acceptors (Lipinski definition) is 4. The van der Waals surface area contributed by atoms with Gasteiger partial charge in [0, 0.05) is 49.3 Å². The highest BCUT2D eigenvalue weighted by molar-refractivity contribution is 6.31. The lowest BCUT2D eigenvalue weighted by Gasteiger charge is -2.39. The van der Waals surface area contributed by atoms with E-state index in [-0.39, 0.29) is 17.6 Å². The van der Waals surface area contributed by atoms with Crippen LogP contribution in [-0.4, -0.2) is 59.2 Å². The van der Waals surface area contributed by atoms with E-state index in [0.717, 1.165) is 48.9 Å². The molecule has 4 heterocycles. The summed E-state index contributed by atoms with van der Waals surface area (Å²) >= 11 is 6.43. The predicted molar refractivity (Wildman–Crippen MR) is 156 cm³/mol. The first-order valence-electron chi connectivity index (χ1n) is 14.3. The molecule has 0 bridgehead atoms. The van der Waals surface area contributed by atoms with Gasteiger partial charge in [-0.2, -0.15) is 0 Å². The molecule has 1 aromatic heterocycles. The van der Waals surface area contributed by atoms with E-state index >= 15 is 0 Å². The summed E-state index contributed by atoms with van der Waals surface area (Å²) in [7, 11) is 0. The van der Waals surface area contributed by atoms with Crippen LogP contribution in [0.4, 0.5) is 0 Å². The van der Waals surface area contributed by atoms with Crippen LogP contribution in [0.25, 0.3) is 10.9 Å². The molecule has 3 aliphatic heterocycles. The Hall–Kier alpha value is -3.16. The number of likely N-dealkylation sites (tertiary alicyclic amines) is 1. The van der Waals surface area contributed by atoms with Gasteiger partial charge >= 0.3 is 0 Å². The first-order valence-corrected chi connectivity index (χ1v) is 14.6. The smallest absolute Gasteiger partial charge is 0.256 e. The van der Waals surface area contributed by atoms with Crippen LogP contribution in [-0.2, 0) is 34.8 Å². The summed E-state index contributed by atoms with van der Waals surface area (Å²) in [5, 5.41) is 1.60. The van der Waals surface area contributed by atoms with Crippen molar-refractivity contribution in [1.82, 2.24) is 14.4 Å². The molecule has 7 rings (SSSR count). The normalized spacial score (nSPS) is 20.7. The minimum absolute atomic E-state index is 0.0319. The lowest BCUT2D eigenvalue weighted by molar-refractivity contribution is -0.0741. The monoisotopic (exact) mass is 555 g/mol. The number of benzene rings is 3. The summed E-state index contributed by atoms with van der Waals surface area (Å²) in [6.07, 6.45) is 3.67. The SMILES string of the molecule is O=C(c1cn(CC2CN(Cc3ccccc3)CCO2)c2cc(Cl)ccc12)N1CCC2(CC1)OCc1ccccc12. The van der Waals surface area contributed by atoms with Crippen LogP contribution in [0.3, 0.4) is 0 Å². The number of halogens is 1. The highest BCUT2D eigenvalue weighted by Gasteiger charge is 2.43. The van der Waals surface area contributed by atoms with Crippen molar-refractivity contribution in [3.8, 4) is 0 Å². The quantitative estimate of drug-likeness (QED) is 0.310. The van der Waals surface area contributed by atoms with Crippen LogP contribution in [0.15, 0.2) is 79.0 Å². The fourth-order valence-electron chi connectivity index (χ4n) is 6.72. The minimum Gasteiger partial charge on any atom is -0.374 e. The number of rotatable bonds is 5. The van der Waals surface area contributed by atoms with E-state index in [1.165, 1.54) is 16.7 Å². The molecule has 1 spiro atoms. The van der Waals surface area contributed by atoms with Crippen molar-refractivity contribution < 1.29 is 14.3 Å². The Labute approximate surface area is 240 Å².